The average Bonchev–Trinajstić information content (AvgIpc) is 3.10. The second-order valence-corrected chi connectivity index (χ2v) is 8.87. The maximum Gasteiger partial charge on any atom is 0.204 e. The smallest absolute Gasteiger partial charge is 0.204 e. The van der Waals surface area contributed by atoms with Crippen LogP contribution in [-0.2, 0) is 11.8 Å². The van der Waals surface area contributed by atoms with E-state index in [1.807, 2.05) is 13.8 Å². The van der Waals surface area contributed by atoms with E-state index in [0.29, 0.717) is 16.9 Å². The maximum atomic E-state index is 13.3. The zero-order valence-electron chi connectivity index (χ0n) is 17.2. The Labute approximate surface area is 172 Å². The summed E-state index contributed by atoms with van der Waals surface area (Å²) in [6.07, 6.45) is 1.22. The van der Waals surface area contributed by atoms with Crippen molar-refractivity contribution in [1.82, 2.24) is 0 Å². The van der Waals surface area contributed by atoms with Crippen molar-refractivity contribution in [3.63, 3.8) is 0 Å². The van der Waals surface area contributed by atoms with Gasteiger partial charge in [-0.05, 0) is 26.0 Å². The van der Waals surface area contributed by atoms with Crippen LogP contribution in [0.2, 0.25) is 0 Å². The number of allylic oxidation sites excluding steroid dienone is 1. The first kappa shape index (κ1) is 20.1. The predicted molar refractivity (Wildman–Crippen MR) is 113 cm³/mol. The van der Waals surface area contributed by atoms with Crippen molar-refractivity contribution < 1.29 is 29.6 Å². The monoisotopic (exact) mass is 412 g/mol. The van der Waals surface area contributed by atoms with E-state index in [1.54, 1.807) is 19.9 Å². The molecule has 0 aliphatic carbocycles. The van der Waals surface area contributed by atoms with E-state index in [-0.39, 0.29) is 34.1 Å². The standard InChI is InChI=1S/C23H24O7/c1-6-22(2,3)15-19-11(9-13(29-19)23(4,5)28)17(26)14-16(25)10-7-8-12(24)18(27)20(10)30-21(14)15/h6-8,13,24,26-28H,1,9H2,2-5H3/t13-/m0/s1. The van der Waals surface area contributed by atoms with Crippen LogP contribution in [0.25, 0.3) is 21.9 Å². The summed E-state index contributed by atoms with van der Waals surface area (Å²) in [7, 11) is 0. The summed E-state index contributed by atoms with van der Waals surface area (Å²) < 4.78 is 12.0. The third-order valence-electron chi connectivity index (χ3n) is 5.86. The molecular weight excluding hydrogens is 388 g/mol. The lowest BCUT2D eigenvalue weighted by atomic mass is 9.81. The minimum atomic E-state index is -1.19. The second-order valence-electron chi connectivity index (χ2n) is 8.87. The molecule has 2 heterocycles. The van der Waals surface area contributed by atoms with Gasteiger partial charge in [0.1, 0.15) is 28.6 Å². The van der Waals surface area contributed by atoms with Crippen LogP contribution in [0.4, 0.5) is 0 Å². The number of hydrogen-bond donors (Lipinski definition) is 4. The molecule has 0 unspecified atom stereocenters. The van der Waals surface area contributed by atoms with Crippen molar-refractivity contribution in [3.8, 4) is 23.0 Å². The van der Waals surface area contributed by atoms with E-state index in [0.717, 1.165) is 0 Å². The third-order valence-corrected chi connectivity index (χ3v) is 5.86. The van der Waals surface area contributed by atoms with Gasteiger partial charge in [0.25, 0.3) is 0 Å². The van der Waals surface area contributed by atoms with Gasteiger partial charge in [0, 0.05) is 23.0 Å². The average molecular weight is 412 g/mol. The van der Waals surface area contributed by atoms with Gasteiger partial charge in [0.05, 0.1) is 11.0 Å². The lowest BCUT2D eigenvalue weighted by molar-refractivity contribution is -0.0234. The summed E-state index contributed by atoms with van der Waals surface area (Å²) >= 11 is 0. The highest BCUT2D eigenvalue weighted by Gasteiger charge is 2.42. The van der Waals surface area contributed by atoms with Crippen molar-refractivity contribution in [2.24, 2.45) is 0 Å². The summed E-state index contributed by atoms with van der Waals surface area (Å²) in [6, 6.07) is 2.52. The summed E-state index contributed by atoms with van der Waals surface area (Å²) in [4.78, 5) is 13.3. The van der Waals surface area contributed by atoms with Gasteiger partial charge in [-0.2, -0.15) is 0 Å². The molecule has 0 bridgehead atoms. The zero-order valence-corrected chi connectivity index (χ0v) is 17.2. The van der Waals surface area contributed by atoms with Gasteiger partial charge in [0.15, 0.2) is 11.3 Å². The van der Waals surface area contributed by atoms with Crippen LogP contribution in [0.15, 0.2) is 34.0 Å². The summed E-state index contributed by atoms with van der Waals surface area (Å²) in [5.74, 6) is -0.958. The fourth-order valence-corrected chi connectivity index (χ4v) is 3.91. The van der Waals surface area contributed by atoms with Gasteiger partial charge in [0.2, 0.25) is 11.2 Å². The molecule has 1 aromatic heterocycles. The molecule has 7 nitrogen and oxygen atoms in total. The number of aliphatic hydroxyl groups is 1. The quantitative estimate of drug-likeness (QED) is 0.295. The van der Waals surface area contributed by atoms with Crippen LogP contribution in [0.5, 0.6) is 23.0 Å². The molecule has 1 aliphatic rings. The second kappa shape index (κ2) is 6.15. The Kier molecular flexibility index (Phi) is 4.12. The molecule has 1 aliphatic heterocycles. The molecule has 0 radical (unpaired) electrons. The number of rotatable bonds is 3. The number of ether oxygens (including phenoxy) is 1. The Balaban J connectivity index is 2.23. The molecule has 0 amide bonds. The first-order valence-corrected chi connectivity index (χ1v) is 9.60. The predicted octanol–water partition coefficient (Wildman–Crippen LogP) is 3.60. The zero-order chi connectivity index (χ0) is 22.2. The maximum absolute atomic E-state index is 13.3. The first-order chi connectivity index (χ1) is 13.9. The van der Waals surface area contributed by atoms with Crippen LogP contribution in [-0.4, -0.2) is 32.1 Å². The molecule has 0 fully saturated rings. The molecule has 0 spiro atoms. The Morgan fingerprint density at radius 2 is 1.77 bits per heavy atom. The van der Waals surface area contributed by atoms with Gasteiger partial charge < -0.3 is 29.6 Å². The number of benzene rings is 2. The number of aromatic hydroxyl groups is 3. The topological polar surface area (TPSA) is 120 Å². The van der Waals surface area contributed by atoms with Crippen LogP contribution in [0.1, 0.15) is 38.8 Å². The van der Waals surface area contributed by atoms with Crippen molar-refractivity contribution in [1.29, 1.82) is 0 Å². The Bertz CT molecular complexity index is 1280. The van der Waals surface area contributed by atoms with Crippen molar-refractivity contribution in [2.45, 2.75) is 51.2 Å². The van der Waals surface area contributed by atoms with E-state index >= 15 is 0 Å². The van der Waals surface area contributed by atoms with Gasteiger partial charge in [-0.25, -0.2) is 0 Å². The summed E-state index contributed by atoms with van der Waals surface area (Å²) in [5.41, 5.74) is -1.77. The van der Waals surface area contributed by atoms with Gasteiger partial charge in [-0.3, -0.25) is 4.79 Å². The van der Waals surface area contributed by atoms with Crippen molar-refractivity contribution in [2.75, 3.05) is 0 Å². The third kappa shape index (κ3) is 2.65. The fraction of sp³-hybridized carbons (Fsp3) is 0.348. The number of phenols is 3. The molecule has 0 saturated heterocycles. The first-order valence-electron chi connectivity index (χ1n) is 9.60. The lowest BCUT2D eigenvalue weighted by Crippen LogP contribution is -2.39. The molecule has 30 heavy (non-hydrogen) atoms. The van der Waals surface area contributed by atoms with Crippen LogP contribution < -0.4 is 10.2 Å². The van der Waals surface area contributed by atoms with Crippen LogP contribution >= 0.6 is 0 Å². The summed E-state index contributed by atoms with van der Waals surface area (Å²) in [5, 5.41) is 41.6. The number of fused-ring (bicyclic) bond motifs is 3. The Morgan fingerprint density at radius 3 is 2.37 bits per heavy atom. The minimum absolute atomic E-state index is 0.0216. The minimum Gasteiger partial charge on any atom is -0.507 e. The molecule has 7 heteroatoms. The van der Waals surface area contributed by atoms with Gasteiger partial charge in [-0.15, -0.1) is 6.58 Å². The highest BCUT2D eigenvalue weighted by Crippen LogP contribution is 2.50. The van der Waals surface area contributed by atoms with Crippen molar-refractivity contribution in [3.05, 3.63) is 46.1 Å². The number of phenolic OH excluding ortho intramolecular Hbond substituents is 3. The van der Waals surface area contributed by atoms with Crippen molar-refractivity contribution >= 4 is 21.9 Å². The van der Waals surface area contributed by atoms with E-state index in [1.165, 1.54) is 12.1 Å². The molecule has 1 atom stereocenters. The molecular formula is C23H24O7. The molecule has 4 N–H and O–H groups in total. The molecule has 158 valence electrons. The Morgan fingerprint density at radius 1 is 1.10 bits per heavy atom. The van der Waals surface area contributed by atoms with E-state index < -0.39 is 34.0 Å². The number of hydrogen-bond acceptors (Lipinski definition) is 7. The normalized spacial score (nSPS) is 16.6. The highest BCUT2D eigenvalue weighted by atomic mass is 16.5. The van der Waals surface area contributed by atoms with E-state index in [2.05, 4.69) is 6.58 Å². The van der Waals surface area contributed by atoms with Gasteiger partial charge >= 0.3 is 0 Å². The van der Waals surface area contributed by atoms with Crippen LogP contribution in [0, 0.1) is 0 Å². The Hall–Kier alpha value is -3.19. The lowest BCUT2D eigenvalue weighted by Gasteiger charge is -2.27. The highest BCUT2D eigenvalue weighted by molar-refractivity contribution is 5.99. The molecule has 4 rings (SSSR count). The van der Waals surface area contributed by atoms with Gasteiger partial charge in [-0.1, -0.05) is 19.9 Å². The SMILES string of the molecule is C=CC(C)(C)c1c2c(c(O)c3c(=O)c4ccc(O)c(O)c4oc13)C[C@@H](C(C)(C)O)O2. The fourth-order valence-electron chi connectivity index (χ4n) is 3.91. The largest absolute Gasteiger partial charge is 0.507 e. The molecule has 2 aromatic carbocycles. The molecule has 3 aromatic rings. The summed E-state index contributed by atoms with van der Waals surface area (Å²) in [6.45, 7) is 10.8. The van der Waals surface area contributed by atoms with E-state index in [4.69, 9.17) is 9.15 Å². The van der Waals surface area contributed by atoms with Crippen LogP contribution in [0.3, 0.4) is 0 Å². The van der Waals surface area contributed by atoms with E-state index in [9.17, 15) is 25.2 Å². The molecule has 0 saturated carbocycles.